The number of benzene rings is 1. The normalized spacial score (nSPS) is 18.3. The minimum Gasteiger partial charge on any atom is -0.497 e. The highest BCUT2D eigenvalue weighted by Crippen LogP contribution is 2.17. The molecule has 7 nitrogen and oxygen atoms in total. The molecule has 1 aromatic carbocycles. The van der Waals surface area contributed by atoms with Gasteiger partial charge in [0.1, 0.15) is 5.75 Å². The zero-order valence-corrected chi connectivity index (χ0v) is 16.3. The van der Waals surface area contributed by atoms with Crippen LogP contribution in [0.4, 0.5) is 0 Å². The van der Waals surface area contributed by atoms with Crippen LogP contribution in [0.2, 0.25) is 0 Å². The SMILES string of the molecule is COc1cccc(CCN(CC(=O)N(C)C2CCS(=O)(=O)C2)C(C)=O)c1. The van der Waals surface area contributed by atoms with Crippen molar-refractivity contribution >= 4 is 21.7 Å². The number of amides is 2. The summed E-state index contributed by atoms with van der Waals surface area (Å²) in [5, 5.41) is 0. The summed E-state index contributed by atoms with van der Waals surface area (Å²) in [7, 11) is 0.143. The van der Waals surface area contributed by atoms with E-state index in [-0.39, 0.29) is 35.9 Å². The van der Waals surface area contributed by atoms with Gasteiger partial charge >= 0.3 is 0 Å². The Morgan fingerprint density at radius 2 is 2.04 bits per heavy atom. The quantitative estimate of drug-likeness (QED) is 0.694. The lowest BCUT2D eigenvalue weighted by molar-refractivity contribution is -0.139. The Morgan fingerprint density at radius 1 is 1.31 bits per heavy atom. The van der Waals surface area contributed by atoms with E-state index in [4.69, 9.17) is 4.74 Å². The van der Waals surface area contributed by atoms with Gasteiger partial charge in [0, 0.05) is 26.6 Å². The molecule has 144 valence electrons. The summed E-state index contributed by atoms with van der Waals surface area (Å²) in [5.74, 6) is 0.428. The van der Waals surface area contributed by atoms with E-state index in [9.17, 15) is 18.0 Å². The molecule has 1 aliphatic heterocycles. The summed E-state index contributed by atoms with van der Waals surface area (Å²) in [6, 6.07) is 7.26. The van der Waals surface area contributed by atoms with Crippen LogP contribution in [0.5, 0.6) is 5.75 Å². The average Bonchev–Trinajstić information content (AvgIpc) is 2.97. The number of carbonyl (C=O) groups excluding carboxylic acids is 2. The molecule has 1 atom stereocenters. The van der Waals surface area contributed by atoms with Crippen molar-refractivity contribution in [2.24, 2.45) is 0 Å². The van der Waals surface area contributed by atoms with Crippen molar-refractivity contribution in [1.82, 2.24) is 9.80 Å². The highest BCUT2D eigenvalue weighted by Gasteiger charge is 2.33. The second-order valence-electron chi connectivity index (χ2n) is 6.60. The van der Waals surface area contributed by atoms with Gasteiger partial charge in [0.05, 0.1) is 25.2 Å². The van der Waals surface area contributed by atoms with E-state index in [0.717, 1.165) is 11.3 Å². The van der Waals surface area contributed by atoms with Crippen molar-refractivity contribution in [1.29, 1.82) is 0 Å². The monoisotopic (exact) mass is 382 g/mol. The Hall–Kier alpha value is -2.09. The van der Waals surface area contributed by atoms with E-state index < -0.39 is 9.84 Å². The molecule has 0 saturated carbocycles. The lowest BCUT2D eigenvalue weighted by atomic mass is 10.1. The maximum atomic E-state index is 12.5. The Labute approximate surface area is 154 Å². The van der Waals surface area contributed by atoms with Crippen LogP contribution in [0.3, 0.4) is 0 Å². The summed E-state index contributed by atoms with van der Waals surface area (Å²) in [6.45, 7) is 1.79. The van der Waals surface area contributed by atoms with Crippen LogP contribution in [-0.2, 0) is 25.8 Å². The first-order chi connectivity index (χ1) is 12.2. The average molecular weight is 382 g/mol. The second kappa shape index (κ2) is 8.53. The van der Waals surface area contributed by atoms with E-state index in [2.05, 4.69) is 0 Å². The van der Waals surface area contributed by atoms with Crippen molar-refractivity contribution in [2.75, 3.05) is 38.8 Å². The fourth-order valence-electron chi connectivity index (χ4n) is 3.00. The molecule has 8 heteroatoms. The molecule has 0 bridgehead atoms. The molecule has 2 rings (SSSR count). The summed E-state index contributed by atoms with van der Waals surface area (Å²) >= 11 is 0. The molecule has 1 aliphatic rings. The number of ether oxygens (including phenoxy) is 1. The molecular weight excluding hydrogens is 356 g/mol. The Morgan fingerprint density at radius 3 is 2.62 bits per heavy atom. The third kappa shape index (κ3) is 5.45. The van der Waals surface area contributed by atoms with Crippen LogP contribution in [0.25, 0.3) is 0 Å². The molecule has 1 unspecified atom stereocenters. The van der Waals surface area contributed by atoms with Crippen molar-refractivity contribution in [3.8, 4) is 5.75 Å². The molecule has 2 amide bonds. The fourth-order valence-corrected chi connectivity index (χ4v) is 4.77. The smallest absolute Gasteiger partial charge is 0.242 e. The van der Waals surface area contributed by atoms with Gasteiger partial charge in [-0.15, -0.1) is 0 Å². The van der Waals surface area contributed by atoms with Crippen LogP contribution in [-0.4, -0.2) is 74.8 Å². The summed E-state index contributed by atoms with van der Waals surface area (Å²) < 4.78 is 28.4. The largest absolute Gasteiger partial charge is 0.497 e. The lowest BCUT2D eigenvalue weighted by Gasteiger charge is -2.27. The number of carbonyl (C=O) groups is 2. The van der Waals surface area contributed by atoms with Gasteiger partial charge in [0.25, 0.3) is 0 Å². The predicted octanol–water partition coefficient (Wildman–Crippen LogP) is 0.732. The molecule has 0 aromatic heterocycles. The van der Waals surface area contributed by atoms with Gasteiger partial charge in [-0.2, -0.15) is 0 Å². The molecule has 0 N–H and O–H groups in total. The van der Waals surface area contributed by atoms with Gasteiger partial charge in [0.15, 0.2) is 9.84 Å². The number of methoxy groups -OCH3 is 1. The van der Waals surface area contributed by atoms with Crippen molar-refractivity contribution in [2.45, 2.75) is 25.8 Å². The van der Waals surface area contributed by atoms with Crippen LogP contribution in [0.1, 0.15) is 18.9 Å². The van der Waals surface area contributed by atoms with Gasteiger partial charge < -0.3 is 14.5 Å². The van der Waals surface area contributed by atoms with Gasteiger partial charge in [0.2, 0.25) is 11.8 Å². The minimum atomic E-state index is -3.06. The van der Waals surface area contributed by atoms with Crippen LogP contribution in [0, 0.1) is 0 Å². The van der Waals surface area contributed by atoms with E-state index in [0.29, 0.717) is 19.4 Å². The van der Waals surface area contributed by atoms with Crippen molar-refractivity contribution in [3.63, 3.8) is 0 Å². The molecule has 1 aromatic rings. The van der Waals surface area contributed by atoms with Gasteiger partial charge in [-0.1, -0.05) is 12.1 Å². The number of hydrogen-bond acceptors (Lipinski definition) is 5. The first-order valence-corrected chi connectivity index (χ1v) is 10.4. The highest BCUT2D eigenvalue weighted by molar-refractivity contribution is 7.91. The van der Waals surface area contributed by atoms with E-state index in [1.54, 1.807) is 14.2 Å². The third-order valence-electron chi connectivity index (χ3n) is 4.73. The first-order valence-electron chi connectivity index (χ1n) is 8.56. The third-order valence-corrected chi connectivity index (χ3v) is 6.48. The lowest BCUT2D eigenvalue weighted by Crippen LogP contribution is -2.45. The predicted molar refractivity (Wildman–Crippen MR) is 98.8 cm³/mol. The number of nitrogens with zero attached hydrogens (tertiary/aromatic N) is 2. The topological polar surface area (TPSA) is 84.0 Å². The summed E-state index contributed by atoms with van der Waals surface area (Å²) in [6.07, 6.45) is 1.06. The van der Waals surface area contributed by atoms with E-state index in [1.807, 2.05) is 24.3 Å². The van der Waals surface area contributed by atoms with Gasteiger partial charge in [-0.3, -0.25) is 9.59 Å². The number of rotatable bonds is 7. The number of hydrogen-bond donors (Lipinski definition) is 0. The van der Waals surface area contributed by atoms with Gasteiger partial charge in [-0.05, 0) is 30.5 Å². The Balaban J connectivity index is 1.94. The zero-order chi connectivity index (χ0) is 19.3. The van der Waals surface area contributed by atoms with E-state index in [1.165, 1.54) is 16.7 Å². The number of likely N-dealkylation sites (N-methyl/N-ethyl adjacent to an activating group) is 1. The molecule has 0 aliphatic carbocycles. The van der Waals surface area contributed by atoms with Crippen molar-refractivity contribution in [3.05, 3.63) is 29.8 Å². The van der Waals surface area contributed by atoms with Gasteiger partial charge in [-0.25, -0.2) is 8.42 Å². The maximum absolute atomic E-state index is 12.5. The van der Waals surface area contributed by atoms with E-state index >= 15 is 0 Å². The fraction of sp³-hybridized carbons (Fsp3) is 0.556. The van der Waals surface area contributed by atoms with Crippen LogP contribution in [0.15, 0.2) is 24.3 Å². The second-order valence-corrected chi connectivity index (χ2v) is 8.83. The van der Waals surface area contributed by atoms with Crippen LogP contribution < -0.4 is 4.74 Å². The molecular formula is C18H26N2O5S. The molecule has 1 saturated heterocycles. The highest BCUT2D eigenvalue weighted by atomic mass is 32.2. The maximum Gasteiger partial charge on any atom is 0.242 e. The molecule has 1 heterocycles. The molecule has 0 radical (unpaired) electrons. The Kier molecular flexibility index (Phi) is 6.63. The first kappa shape index (κ1) is 20.2. The molecule has 1 fully saturated rings. The summed E-state index contributed by atoms with van der Waals surface area (Å²) in [4.78, 5) is 27.3. The minimum absolute atomic E-state index is 0.000872. The Bertz CT molecular complexity index is 763. The molecule has 0 spiro atoms. The zero-order valence-electron chi connectivity index (χ0n) is 15.5. The number of sulfone groups is 1. The standard InChI is InChI=1S/C18H26N2O5S/c1-14(21)20(9-7-15-5-4-6-17(11-15)25-3)12-18(22)19(2)16-8-10-26(23,24)13-16/h4-6,11,16H,7-10,12-13H2,1-3H3. The molecule has 26 heavy (non-hydrogen) atoms. The van der Waals surface area contributed by atoms with Crippen LogP contribution >= 0.6 is 0 Å². The summed E-state index contributed by atoms with van der Waals surface area (Å²) in [5.41, 5.74) is 1.01. The van der Waals surface area contributed by atoms with Crippen molar-refractivity contribution < 1.29 is 22.7 Å².